The van der Waals surface area contributed by atoms with E-state index in [1.54, 1.807) is 32.2 Å². The maximum absolute atomic E-state index is 12.7. The van der Waals surface area contributed by atoms with Crippen LogP contribution >= 0.6 is 0 Å². The maximum atomic E-state index is 12.7. The van der Waals surface area contributed by atoms with Crippen LogP contribution in [0.15, 0.2) is 36.9 Å². The molecular weight excluding hydrogens is 449 g/mol. The Kier molecular flexibility index (Phi) is 5.80. The lowest BCUT2D eigenvalue weighted by Gasteiger charge is -2.09. The Morgan fingerprint density at radius 2 is 1.91 bits per heavy atom. The van der Waals surface area contributed by atoms with Crippen LogP contribution in [0.5, 0.6) is 5.88 Å². The van der Waals surface area contributed by atoms with Gasteiger partial charge in [-0.3, -0.25) is 19.0 Å². The molecule has 8 nitrogen and oxygen atoms in total. The van der Waals surface area contributed by atoms with Crippen molar-refractivity contribution in [2.24, 2.45) is 0 Å². The predicted octanol–water partition coefficient (Wildman–Crippen LogP) is 4.31. The molecule has 4 rings (SSSR count). The molecule has 0 bridgehead atoms. The molecule has 0 aromatic carbocycles. The number of halogens is 3. The lowest BCUT2D eigenvalue weighted by atomic mass is 10.1. The van der Waals surface area contributed by atoms with Crippen molar-refractivity contribution in [1.29, 1.82) is 0 Å². The third-order valence-corrected chi connectivity index (χ3v) is 5.27. The second kappa shape index (κ2) is 8.47. The highest BCUT2D eigenvalue weighted by Crippen LogP contribution is 2.37. The van der Waals surface area contributed by atoms with E-state index < -0.39 is 12.7 Å². The minimum Gasteiger partial charge on any atom is -0.494 e. The number of nitrogens with zero attached hydrogens (tertiary/aromatic N) is 5. The number of carbonyl (C=O) groups is 1. The third-order valence-electron chi connectivity index (χ3n) is 5.27. The van der Waals surface area contributed by atoms with Gasteiger partial charge in [0.2, 0.25) is 5.88 Å². The van der Waals surface area contributed by atoms with Crippen molar-refractivity contribution in [2.75, 3.05) is 0 Å². The number of rotatable bonds is 5. The summed E-state index contributed by atoms with van der Waals surface area (Å²) >= 11 is 0. The van der Waals surface area contributed by atoms with Crippen LogP contribution in [-0.4, -0.2) is 47.5 Å². The first-order valence-corrected chi connectivity index (χ1v) is 10.5. The molecule has 0 spiro atoms. The minimum atomic E-state index is -4.41. The number of hydrogen-bond acceptors (Lipinski definition) is 5. The molecular formula is C23H23F3N6O2. The monoisotopic (exact) mass is 472 g/mol. The molecule has 0 atom stereocenters. The van der Waals surface area contributed by atoms with Crippen molar-refractivity contribution in [3.8, 4) is 22.8 Å². The Morgan fingerprint density at radius 1 is 1.18 bits per heavy atom. The smallest absolute Gasteiger partial charge is 0.408 e. The Bertz CT molecular complexity index is 1390. The van der Waals surface area contributed by atoms with Gasteiger partial charge in [0.25, 0.3) is 5.91 Å². The summed E-state index contributed by atoms with van der Waals surface area (Å²) < 4.78 is 40.3. The lowest BCUT2D eigenvalue weighted by molar-refractivity contribution is -0.142. The highest BCUT2D eigenvalue weighted by Gasteiger charge is 2.29. The van der Waals surface area contributed by atoms with Gasteiger partial charge in [-0.25, -0.2) is 4.98 Å². The van der Waals surface area contributed by atoms with Crippen molar-refractivity contribution < 1.29 is 23.1 Å². The van der Waals surface area contributed by atoms with E-state index in [0.29, 0.717) is 39.0 Å². The van der Waals surface area contributed by atoms with Crippen molar-refractivity contribution in [1.82, 2.24) is 29.6 Å². The van der Waals surface area contributed by atoms with Gasteiger partial charge in [0.15, 0.2) is 0 Å². The van der Waals surface area contributed by atoms with Crippen LogP contribution < -0.4 is 5.32 Å². The molecule has 0 unspecified atom stereocenters. The van der Waals surface area contributed by atoms with Gasteiger partial charge >= 0.3 is 6.18 Å². The first-order chi connectivity index (χ1) is 15.9. The van der Waals surface area contributed by atoms with Crippen LogP contribution in [0.3, 0.4) is 0 Å². The summed E-state index contributed by atoms with van der Waals surface area (Å²) in [5.74, 6) is -0.392. The molecule has 1 amide bonds. The number of carbonyl (C=O) groups excluding carboxylic acids is 1. The average molecular weight is 472 g/mol. The van der Waals surface area contributed by atoms with Crippen LogP contribution in [0, 0.1) is 13.8 Å². The van der Waals surface area contributed by atoms with Crippen LogP contribution in [0.25, 0.3) is 27.8 Å². The molecule has 178 valence electrons. The van der Waals surface area contributed by atoms with E-state index in [1.165, 1.54) is 23.2 Å². The van der Waals surface area contributed by atoms with Gasteiger partial charge in [0.1, 0.15) is 6.54 Å². The number of aryl methyl sites for hydroxylation is 2. The van der Waals surface area contributed by atoms with Gasteiger partial charge in [0, 0.05) is 35.9 Å². The summed E-state index contributed by atoms with van der Waals surface area (Å²) in [5, 5.41) is 18.0. The van der Waals surface area contributed by atoms with E-state index in [9.17, 15) is 23.1 Å². The number of aromatic hydroxyl groups is 1. The van der Waals surface area contributed by atoms with Gasteiger partial charge in [-0.05, 0) is 45.4 Å². The summed E-state index contributed by atoms with van der Waals surface area (Å²) in [5.41, 5.74) is 3.56. The van der Waals surface area contributed by atoms with Gasteiger partial charge in [-0.2, -0.15) is 18.3 Å². The molecule has 0 saturated carbocycles. The molecule has 34 heavy (non-hydrogen) atoms. The Labute approximate surface area is 193 Å². The highest BCUT2D eigenvalue weighted by atomic mass is 19.4. The zero-order valence-corrected chi connectivity index (χ0v) is 19.0. The second-order valence-corrected chi connectivity index (χ2v) is 8.39. The number of nitrogens with one attached hydrogen (secondary N) is 1. The highest BCUT2D eigenvalue weighted by molar-refractivity contribution is 5.96. The number of amides is 1. The van der Waals surface area contributed by atoms with E-state index in [4.69, 9.17) is 0 Å². The Balaban J connectivity index is 1.78. The number of hydrogen-bond donors (Lipinski definition) is 2. The van der Waals surface area contributed by atoms with E-state index in [-0.39, 0.29) is 23.5 Å². The Hall–Kier alpha value is -3.89. The fraction of sp³-hybridized carbons (Fsp3) is 0.304. The average Bonchev–Trinajstić information content (AvgIpc) is 3.28. The van der Waals surface area contributed by atoms with Crippen LogP contribution in [0.4, 0.5) is 13.2 Å². The van der Waals surface area contributed by atoms with E-state index >= 15 is 0 Å². The zero-order valence-electron chi connectivity index (χ0n) is 19.0. The fourth-order valence-electron chi connectivity index (χ4n) is 3.85. The van der Waals surface area contributed by atoms with Crippen LogP contribution in [0.2, 0.25) is 0 Å². The molecule has 11 heteroatoms. The summed E-state index contributed by atoms with van der Waals surface area (Å²) in [6.45, 7) is 6.00. The van der Waals surface area contributed by atoms with Crippen LogP contribution in [0.1, 0.15) is 35.5 Å². The van der Waals surface area contributed by atoms with Gasteiger partial charge in [-0.15, -0.1) is 0 Å². The SMILES string of the molecule is Cc1cc(-c2cncc(C(=O)NC(C)C)c2)nc2c(C)n(-c3cnn(CC(F)(F)F)c3)c(O)c12. The van der Waals surface area contributed by atoms with Crippen molar-refractivity contribution in [3.05, 3.63) is 53.7 Å². The van der Waals surface area contributed by atoms with Gasteiger partial charge in [0.05, 0.1) is 34.0 Å². The number of aromatic nitrogens is 5. The summed E-state index contributed by atoms with van der Waals surface area (Å²) in [6.07, 6.45) is 1.12. The molecule has 2 N–H and O–H groups in total. The second-order valence-electron chi connectivity index (χ2n) is 8.39. The number of fused-ring (bicyclic) bond motifs is 1. The van der Waals surface area contributed by atoms with Crippen LogP contribution in [-0.2, 0) is 6.54 Å². The standard InChI is InChI=1S/C23H23F3N6O2/c1-12(2)29-21(33)16-6-15(7-27-8-16)18-5-13(3)19-20(30-18)14(4)32(22(19)34)17-9-28-31(10-17)11-23(24,25)26/h5-10,12,34H,11H2,1-4H3,(H,29,33). The molecule has 4 aromatic heterocycles. The largest absolute Gasteiger partial charge is 0.494 e. The maximum Gasteiger partial charge on any atom is 0.408 e. The van der Waals surface area contributed by atoms with Crippen molar-refractivity contribution in [2.45, 2.75) is 46.5 Å². The summed E-state index contributed by atoms with van der Waals surface area (Å²) in [7, 11) is 0. The zero-order chi connectivity index (χ0) is 24.8. The molecule has 0 aliphatic rings. The number of pyridine rings is 2. The molecule has 0 fully saturated rings. The predicted molar refractivity (Wildman–Crippen MR) is 120 cm³/mol. The molecule has 0 aliphatic carbocycles. The topological polar surface area (TPSA) is 97.9 Å². The molecule has 0 aliphatic heterocycles. The quantitative estimate of drug-likeness (QED) is 0.451. The first-order valence-electron chi connectivity index (χ1n) is 10.5. The van der Waals surface area contributed by atoms with E-state index in [2.05, 4.69) is 20.4 Å². The van der Waals surface area contributed by atoms with E-state index in [0.717, 1.165) is 4.68 Å². The molecule has 0 saturated heterocycles. The van der Waals surface area contributed by atoms with Crippen molar-refractivity contribution >= 4 is 16.8 Å². The minimum absolute atomic E-state index is 0.0289. The van der Waals surface area contributed by atoms with Gasteiger partial charge < -0.3 is 10.4 Å². The molecule has 0 radical (unpaired) electrons. The normalized spacial score (nSPS) is 12.0. The number of alkyl halides is 3. The van der Waals surface area contributed by atoms with Crippen molar-refractivity contribution in [3.63, 3.8) is 0 Å². The Morgan fingerprint density at radius 3 is 2.59 bits per heavy atom. The first kappa shape index (κ1) is 23.3. The molecule has 4 heterocycles. The lowest BCUT2D eigenvalue weighted by Crippen LogP contribution is -2.30. The fourth-order valence-corrected chi connectivity index (χ4v) is 3.85. The third kappa shape index (κ3) is 4.45. The van der Waals surface area contributed by atoms with Gasteiger partial charge in [-0.1, -0.05) is 0 Å². The summed E-state index contributed by atoms with van der Waals surface area (Å²) in [4.78, 5) is 21.2. The summed E-state index contributed by atoms with van der Waals surface area (Å²) in [6, 6.07) is 3.42. The van der Waals surface area contributed by atoms with E-state index in [1.807, 2.05) is 13.8 Å². The molecule has 4 aromatic rings.